The van der Waals surface area contributed by atoms with Gasteiger partial charge in [0.25, 0.3) is 0 Å². The van der Waals surface area contributed by atoms with Crippen LogP contribution in [0.25, 0.3) is 4.85 Å². The highest BCUT2D eigenvalue weighted by atomic mass is 79.9. The Hall–Kier alpha value is -3.31. The number of nitrogens with zero attached hydrogens (tertiary/aromatic N) is 3. The lowest BCUT2D eigenvalue weighted by Crippen LogP contribution is -2.27. The van der Waals surface area contributed by atoms with Gasteiger partial charge in [0.05, 0.1) is 19.8 Å². The first-order valence-corrected chi connectivity index (χ1v) is 14.8. The van der Waals surface area contributed by atoms with Crippen LogP contribution in [0.4, 0.5) is 5.69 Å². The zero-order valence-electron chi connectivity index (χ0n) is 23.7. The molecule has 0 spiro atoms. The van der Waals surface area contributed by atoms with Gasteiger partial charge >= 0.3 is 0 Å². The number of ether oxygens (including phenoxy) is 2. The zero-order valence-corrected chi connectivity index (χ0v) is 25.3. The molecule has 0 amide bonds. The third kappa shape index (κ3) is 7.51. The van der Waals surface area contributed by atoms with E-state index in [0.717, 1.165) is 37.3 Å². The first-order chi connectivity index (χ1) is 20.0. The van der Waals surface area contributed by atoms with Gasteiger partial charge in [-0.05, 0) is 59.6 Å². The van der Waals surface area contributed by atoms with Gasteiger partial charge in [0, 0.05) is 30.7 Å². The van der Waals surface area contributed by atoms with E-state index in [-0.39, 0.29) is 12.2 Å². The molecule has 2 heterocycles. The molecule has 4 aromatic rings. The van der Waals surface area contributed by atoms with E-state index in [4.69, 9.17) is 16.0 Å². The van der Waals surface area contributed by atoms with Gasteiger partial charge in [-0.25, -0.2) is 4.85 Å². The maximum atomic E-state index is 7.20. The number of rotatable bonds is 2. The molecule has 2 aliphatic heterocycles. The van der Waals surface area contributed by atoms with Crippen LogP contribution in [0.3, 0.4) is 0 Å². The van der Waals surface area contributed by atoms with Gasteiger partial charge in [-0.3, -0.25) is 9.80 Å². The summed E-state index contributed by atoms with van der Waals surface area (Å²) < 4.78 is 13.4. The quantitative estimate of drug-likeness (QED) is 0.217. The highest BCUT2D eigenvalue weighted by Gasteiger charge is 2.23. The van der Waals surface area contributed by atoms with Gasteiger partial charge in [-0.1, -0.05) is 101 Å². The van der Waals surface area contributed by atoms with Gasteiger partial charge in [-0.2, -0.15) is 0 Å². The van der Waals surface area contributed by atoms with Crippen molar-refractivity contribution < 1.29 is 9.47 Å². The third-order valence-corrected chi connectivity index (χ3v) is 8.02. The second kappa shape index (κ2) is 14.0. The summed E-state index contributed by atoms with van der Waals surface area (Å²) in [5.74, 6) is 0. The van der Waals surface area contributed by atoms with Gasteiger partial charge < -0.3 is 9.47 Å². The predicted molar refractivity (Wildman–Crippen MR) is 168 cm³/mol. The first kappa shape index (κ1) is 29.2. The van der Waals surface area contributed by atoms with Crippen molar-refractivity contribution in [1.29, 1.82) is 0 Å². The van der Waals surface area contributed by atoms with Crippen LogP contribution in [-0.4, -0.2) is 50.2 Å². The van der Waals surface area contributed by atoms with Crippen LogP contribution in [0, 0.1) is 6.57 Å². The maximum Gasteiger partial charge on any atom is 0.187 e. The average molecular weight is 611 g/mol. The number of fused-ring (bicyclic) bond motifs is 2. The summed E-state index contributed by atoms with van der Waals surface area (Å²) in [6, 6.07) is 33.2. The third-order valence-electron chi connectivity index (χ3n) is 7.53. The Kier molecular flexibility index (Phi) is 10.00. The second-order valence-electron chi connectivity index (χ2n) is 10.6. The van der Waals surface area contributed by atoms with E-state index in [0.29, 0.717) is 12.3 Å². The van der Waals surface area contributed by atoms with Crippen LogP contribution >= 0.6 is 15.9 Å². The molecule has 6 heteroatoms. The van der Waals surface area contributed by atoms with E-state index in [1.54, 1.807) is 0 Å². The first-order valence-electron chi connectivity index (χ1n) is 14.0. The highest BCUT2D eigenvalue weighted by molar-refractivity contribution is 9.10. The summed E-state index contributed by atoms with van der Waals surface area (Å²) in [6.45, 7) is 12.3. The summed E-state index contributed by atoms with van der Waals surface area (Å²) in [5.41, 5.74) is 8.02. The predicted octanol–water partition coefficient (Wildman–Crippen LogP) is 7.79. The molecule has 0 aromatic heterocycles. The van der Waals surface area contributed by atoms with E-state index in [2.05, 4.69) is 99.3 Å². The highest BCUT2D eigenvalue weighted by Crippen LogP contribution is 2.34. The summed E-state index contributed by atoms with van der Waals surface area (Å²) in [6.07, 6.45) is -0.0114. The molecular weight excluding hydrogens is 574 g/mol. The molecule has 0 bridgehead atoms. The Morgan fingerprint density at radius 2 is 1.17 bits per heavy atom. The van der Waals surface area contributed by atoms with Crippen molar-refractivity contribution in [2.45, 2.75) is 25.3 Å². The second-order valence-corrected chi connectivity index (χ2v) is 11.6. The van der Waals surface area contributed by atoms with E-state index in [1.165, 1.54) is 33.4 Å². The molecule has 2 aliphatic rings. The fourth-order valence-corrected chi connectivity index (χ4v) is 5.81. The molecule has 4 aromatic carbocycles. The van der Waals surface area contributed by atoms with Crippen molar-refractivity contribution in [2.75, 3.05) is 40.4 Å². The van der Waals surface area contributed by atoms with E-state index >= 15 is 0 Å². The molecule has 0 N–H and O–H groups in total. The lowest BCUT2D eigenvalue weighted by molar-refractivity contribution is 0.0553. The Labute approximate surface area is 252 Å². The van der Waals surface area contributed by atoms with Gasteiger partial charge in [-0.15, -0.1) is 0 Å². The standard InChI is InChI=1S/C18H18N2O.C17H18BrNO/c1-19-16-8-9-17-15(12-16)13-20(2)10-11-21-18(17)14-6-4-3-5-7-14;1-19-9-10-20-17(13-5-3-2-4-6-13)16-8-7-15(18)11-14(16)12-19/h3-9,12,18H,10-11,13H2,2H3;2-8,11,17H,9-10,12H2,1H3. The molecule has 5 nitrogen and oxygen atoms in total. The molecular formula is C35H36BrN3O2. The minimum Gasteiger partial charge on any atom is -0.367 e. The van der Waals surface area contributed by atoms with Crippen LogP contribution in [0.15, 0.2) is 102 Å². The minimum atomic E-state index is -0.0466. The van der Waals surface area contributed by atoms with Gasteiger partial charge in [0.2, 0.25) is 0 Å². The average Bonchev–Trinajstić information content (AvgIpc) is 2.98. The largest absolute Gasteiger partial charge is 0.367 e. The molecule has 0 aliphatic carbocycles. The van der Waals surface area contributed by atoms with Gasteiger partial charge in [0.15, 0.2) is 5.69 Å². The van der Waals surface area contributed by atoms with Crippen LogP contribution in [0.5, 0.6) is 0 Å². The summed E-state index contributed by atoms with van der Waals surface area (Å²) in [5, 5.41) is 0. The van der Waals surface area contributed by atoms with E-state index < -0.39 is 0 Å². The molecule has 41 heavy (non-hydrogen) atoms. The van der Waals surface area contributed by atoms with Crippen LogP contribution in [0.2, 0.25) is 0 Å². The summed E-state index contributed by atoms with van der Waals surface area (Å²) in [7, 11) is 4.22. The van der Waals surface area contributed by atoms with Crippen LogP contribution in [0.1, 0.15) is 45.6 Å². The SMILES string of the molecule is CN1CCOC(c2ccccc2)c2ccc(Br)cc2C1.[C-]#[N+]c1ccc2c(c1)CN(C)CCOC2c1ccccc1. The van der Waals surface area contributed by atoms with Crippen molar-refractivity contribution in [3.63, 3.8) is 0 Å². The number of hydrogen-bond donors (Lipinski definition) is 0. The summed E-state index contributed by atoms with van der Waals surface area (Å²) >= 11 is 3.57. The van der Waals surface area contributed by atoms with Crippen molar-refractivity contribution in [1.82, 2.24) is 9.80 Å². The molecule has 0 fully saturated rings. The van der Waals surface area contributed by atoms with Crippen molar-refractivity contribution in [2.24, 2.45) is 0 Å². The number of halogens is 1. The number of hydrogen-bond acceptors (Lipinski definition) is 4. The van der Waals surface area contributed by atoms with Crippen LogP contribution in [-0.2, 0) is 22.6 Å². The lowest BCUT2D eigenvalue weighted by atomic mass is 9.95. The number of benzene rings is 4. The fourth-order valence-electron chi connectivity index (χ4n) is 5.40. The molecule has 0 radical (unpaired) electrons. The molecule has 2 atom stereocenters. The Morgan fingerprint density at radius 3 is 1.68 bits per heavy atom. The van der Waals surface area contributed by atoms with Crippen molar-refractivity contribution in [3.8, 4) is 0 Å². The summed E-state index contributed by atoms with van der Waals surface area (Å²) in [4.78, 5) is 8.07. The van der Waals surface area contributed by atoms with Crippen molar-refractivity contribution >= 4 is 21.6 Å². The molecule has 0 saturated carbocycles. The van der Waals surface area contributed by atoms with Crippen LogP contribution < -0.4 is 0 Å². The molecule has 6 rings (SSSR count). The van der Waals surface area contributed by atoms with Crippen molar-refractivity contribution in [3.05, 3.63) is 146 Å². The topological polar surface area (TPSA) is 29.3 Å². The van der Waals surface area contributed by atoms with E-state index in [1.807, 2.05) is 42.5 Å². The minimum absolute atomic E-state index is 0.0352. The number of likely N-dealkylation sites (N-methyl/N-ethyl adjacent to an activating group) is 2. The zero-order chi connectivity index (χ0) is 28.6. The lowest BCUT2D eigenvalue weighted by Gasteiger charge is -2.28. The smallest absolute Gasteiger partial charge is 0.187 e. The monoisotopic (exact) mass is 609 g/mol. The molecule has 0 saturated heterocycles. The fraction of sp³-hybridized carbons (Fsp3) is 0.286. The normalized spacial score (nSPS) is 19.6. The maximum absolute atomic E-state index is 7.20. The Balaban J connectivity index is 0.000000165. The van der Waals surface area contributed by atoms with E-state index in [9.17, 15) is 0 Å². The molecule has 210 valence electrons. The molecule has 2 unspecified atom stereocenters. The Bertz CT molecular complexity index is 1470. The van der Waals surface area contributed by atoms with Gasteiger partial charge in [0.1, 0.15) is 12.2 Å². The Morgan fingerprint density at radius 1 is 0.683 bits per heavy atom.